The fraction of sp³-hybridized carbons (Fsp3) is 0.200. The zero-order valence-corrected chi connectivity index (χ0v) is 17.5. The standard InChI is InChI=1S/C25H23F2NO4/c1-2-23(17-5-3-16(4-6-17)21-12-9-19(26)15-22(21)27)32-20-10-7-18(8-11-20)25(31)28-14-13-24(29)30/h3-12,15,23H,2,13-14H2,1H3,(H,28,31)(H,29,30)/t23-/m1/s1. The number of halogens is 2. The average Bonchev–Trinajstić information content (AvgIpc) is 2.78. The minimum atomic E-state index is -0.976. The van der Waals surface area contributed by atoms with Crippen LogP contribution in [0.15, 0.2) is 66.7 Å². The number of rotatable bonds is 9. The summed E-state index contributed by atoms with van der Waals surface area (Å²) in [5.41, 5.74) is 2.26. The van der Waals surface area contributed by atoms with E-state index >= 15 is 0 Å². The van der Waals surface area contributed by atoms with Crippen LogP contribution in [0.25, 0.3) is 11.1 Å². The zero-order chi connectivity index (χ0) is 23.1. The topological polar surface area (TPSA) is 75.6 Å². The second-order valence-electron chi connectivity index (χ2n) is 7.18. The van der Waals surface area contributed by atoms with Crippen molar-refractivity contribution in [3.63, 3.8) is 0 Å². The van der Waals surface area contributed by atoms with Crippen LogP contribution in [-0.4, -0.2) is 23.5 Å². The molecule has 0 aliphatic carbocycles. The van der Waals surface area contributed by atoms with E-state index in [2.05, 4.69) is 5.32 Å². The molecule has 32 heavy (non-hydrogen) atoms. The van der Waals surface area contributed by atoms with Gasteiger partial charge in [-0.2, -0.15) is 0 Å². The molecule has 3 aromatic rings. The van der Waals surface area contributed by atoms with Gasteiger partial charge in [0.15, 0.2) is 0 Å². The van der Waals surface area contributed by atoms with Gasteiger partial charge < -0.3 is 15.2 Å². The van der Waals surface area contributed by atoms with Crippen molar-refractivity contribution in [2.45, 2.75) is 25.9 Å². The smallest absolute Gasteiger partial charge is 0.305 e. The summed E-state index contributed by atoms with van der Waals surface area (Å²) in [6.45, 7) is 2.03. The Morgan fingerprint density at radius 1 is 1.00 bits per heavy atom. The van der Waals surface area contributed by atoms with Gasteiger partial charge in [-0.1, -0.05) is 31.2 Å². The van der Waals surface area contributed by atoms with Crippen LogP contribution in [0.4, 0.5) is 8.78 Å². The SMILES string of the molecule is CC[C@@H](Oc1ccc(C(=O)NCCC(=O)O)cc1)c1ccc(-c2ccc(F)cc2F)cc1. The highest BCUT2D eigenvalue weighted by Crippen LogP contribution is 2.29. The number of aliphatic carboxylic acids is 1. The fourth-order valence-corrected chi connectivity index (χ4v) is 3.22. The van der Waals surface area contributed by atoms with Crippen molar-refractivity contribution in [3.05, 3.63) is 89.5 Å². The molecule has 166 valence electrons. The predicted octanol–water partition coefficient (Wildman–Crippen LogP) is 5.37. The van der Waals surface area contributed by atoms with Crippen molar-refractivity contribution < 1.29 is 28.2 Å². The summed E-state index contributed by atoms with van der Waals surface area (Å²) in [6.07, 6.45) is 0.289. The molecule has 5 nitrogen and oxygen atoms in total. The Bertz CT molecular complexity index is 1080. The maximum absolute atomic E-state index is 14.0. The Morgan fingerprint density at radius 3 is 2.28 bits per heavy atom. The van der Waals surface area contributed by atoms with Crippen molar-refractivity contribution in [2.24, 2.45) is 0 Å². The summed E-state index contributed by atoms with van der Waals surface area (Å²) < 4.78 is 33.2. The van der Waals surface area contributed by atoms with E-state index in [1.54, 1.807) is 36.4 Å². The van der Waals surface area contributed by atoms with Crippen LogP contribution in [0.5, 0.6) is 5.75 Å². The molecule has 3 aromatic carbocycles. The van der Waals surface area contributed by atoms with E-state index in [4.69, 9.17) is 9.84 Å². The average molecular weight is 439 g/mol. The van der Waals surface area contributed by atoms with Gasteiger partial charge in [-0.3, -0.25) is 9.59 Å². The van der Waals surface area contributed by atoms with Gasteiger partial charge in [-0.05, 0) is 53.9 Å². The van der Waals surface area contributed by atoms with Gasteiger partial charge in [-0.25, -0.2) is 8.78 Å². The summed E-state index contributed by atoms with van der Waals surface area (Å²) >= 11 is 0. The monoisotopic (exact) mass is 439 g/mol. The molecular formula is C25H23F2NO4. The molecule has 2 N–H and O–H groups in total. The van der Waals surface area contributed by atoms with Gasteiger partial charge in [-0.15, -0.1) is 0 Å². The Labute approximate surface area is 184 Å². The molecule has 1 amide bonds. The zero-order valence-electron chi connectivity index (χ0n) is 17.5. The molecule has 0 fully saturated rings. The van der Waals surface area contributed by atoms with Gasteiger partial charge in [0.05, 0.1) is 6.42 Å². The minimum Gasteiger partial charge on any atom is -0.486 e. The normalized spacial score (nSPS) is 11.6. The Morgan fingerprint density at radius 2 is 1.69 bits per heavy atom. The third-order valence-corrected chi connectivity index (χ3v) is 4.91. The van der Waals surface area contributed by atoms with Crippen molar-refractivity contribution >= 4 is 11.9 Å². The molecule has 7 heteroatoms. The van der Waals surface area contributed by atoms with Crippen molar-refractivity contribution in [1.82, 2.24) is 5.32 Å². The molecule has 0 aromatic heterocycles. The van der Waals surface area contributed by atoms with Crippen LogP contribution in [-0.2, 0) is 4.79 Å². The quantitative estimate of drug-likeness (QED) is 0.470. The highest BCUT2D eigenvalue weighted by atomic mass is 19.1. The number of carbonyl (C=O) groups excluding carboxylic acids is 1. The molecule has 0 heterocycles. The number of nitrogens with one attached hydrogen (secondary N) is 1. The van der Waals surface area contributed by atoms with Crippen LogP contribution in [0.1, 0.15) is 41.8 Å². The van der Waals surface area contributed by atoms with E-state index in [9.17, 15) is 18.4 Å². The lowest BCUT2D eigenvalue weighted by atomic mass is 10.0. The Hall–Kier alpha value is -3.74. The molecule has 0 radical (unpaired) electrons. The first-order valence-corrected chi connectivity index (χ1v) is 10.2. The first kappa shape index (κ1) is 22.9. The van der Waals surface area contributed by atoms with Crippen LogP contribution in [0, 0.1) is 11.6 Å². The van der Waals surface area contributed by atoms with Crippen LogP contribution >= 0.6 is 0 Å². The lowest BCUT2D eigenvalue weighted by molar-refractivity contribution is -0.136. The summed E-state index contributed by atoms with van der Waals surface area (Å²) in [4.78, 5) is 22.6. The minimum absolute atomic E-state index is 0.0577. The summed E-state index contributed by atoms with van der Waals surface area (Å²) in [5.74, 6) is -1.99. The molecule has 0 unspecified atom stereocenters. The predicted molar refractivity (Wildman–Crippen MR) is 116 cm³/mol. The van der Waals surface area contributed by atoms with Gasteiger partial charge in [0.1, 0.15) is 23.5 Å². The molecule has 0 spiro atoms. The van der Waals surface area contributed by atoms with Gasteiger partial charge >= 0.3 is 5.97 Å². The van der Waals surface area contributed by atoms with E-state index in [-0.39, 0.29) is 25.0 Å². The second-order valence-corrected chi connectivity index (χ2v) is 7.18. The summed E-state index contributed by atoms with van der Waals surface area (Å²) in [5, 5.41) is 11.2. The van der Waals surface area contributed by atoms with Crippen LogP contribution < -0.4 is 10.1 Å². The Balaban J connectivity index is 1.66. The van der Waals surface area contributed by atoms with Crippen LogP contribution in [0.2, 0.25) is 0 Å². The number of hydrogen-bond acceptors (Lipinski definition) is 3. The maximum Gasteiger partial charge on any atom is 0.305 e. The Kier molecular flexibility index (Phi) is 7.54. The third-order valence-electron chi connectivity index (χ3n) is 4.91. The lowest BCUT2D eigenvalue weighted by Crippen LogP contribution is -2.25. The highest BCUT2D eigenvalue weighted by molar-refractivity contribution is 5.94. The van der Waals surface area contributed by atoms with Gasteiger partial charge in [0.2, 0.25) is 0 Å². The lowest BCUT2D eigenvalue weighted by Gasteiger charge is -2.19. The van der Waals surface area contributed by atoms with E-state index < -0.39 is 17.6 Å². The summed E-state index contributed by atoms with van der Waals surface area (Å²) in [7, 11) is 0. The molecule has 3 rings (SSSR count). The molecule has 0 bridgehead atoms. The molecule has 1 atom stereocenters. The first-order valence-electron chi connectivity index (χ1n) is 10.2. The molecular weight excluding hydrogens is 416 g/mol. The number of carboxylic acid groups (broad SMARTS) is 1. The van der Waals surface area contributed by atoms with E-state index in [1.165, 1.54) is 12.1 Å². The number of hydrogen-bond donors (Lipinski definition) is 2. The van der Waals surface area contributed by atoms with Crippen molar-refractivity contribution in [2.75, 3.05) is 6.54 Å². The molecule has 0 saturated heterocycles. The molecule has 0 saturated carbocycles. The maximum atomic E-state index is 14.0. The van der Waals surface area contributed by atoms with Gasteiger partial charge in [0.25, 0.3) is 5.91 Å². The third kappa shape index (κ3) is 5.91. The summed E-state index contributed by atoms with van der Waals surface area (Å²) in [6, 6.07) is 17.3. The number of carbonyl (C=O) groups is 2. The van der Waals surface area contributed by atoms with Crippen molar-refractivity contribution in [3.8, 4) is 16.9 Å². The van der Waals surface area contributed by atoms with E-state index in [0.29, 0.717) is 28.9 Å². The second kappa shape index (κ2) is 10.5. The van der Waals surface area contributed by atoms with Crippen LogP contribution in [0.3, 0.4) is 0 Å². The number of benzene rings is 3. The largest absolute Gasteiger partial charge is 0.486 e. The van der Waals surface area contributed by atoms with E-state index in [0.717, 1.165) is 11.6 Å². The van der Waals surface area contributed by atoms with Gasteiger partial charge in [0, 0.05) is 23.7 Å². The van der Waals surface area contributed by atoms with E-state index in [1.807, 2.05) is 19.1 Å². The number of carboxylic acids is 1. The highest BCUT2D eigenvalue weighted by Gasteiger charge is 2.14. The fourth-order valence-electron chi connectivity index (χ4n) is 3.22. The first-order chi connectivity index (χ1) is 15.4. The molecule has 0 aliphatic heterocycles. The number of amides is 1. The molecule has 0 aliphatic rings. The van der Waals surface area contributed by atoms with Crippen molar-refractivity contribution in [1.29, 1.82) is 0 Å². The number of ether oxygens (including phenoxy) is 1.